The predicted molar refractivity (Wildman–Crippen MR) is 87.7 cm³/mol. The number of benzene rings is 1. The van der Waals surface area contributed by atoms with Gasteiger partial charge in [0.05, 0.1) is 5.56 Å². The maximum Gasteiger partial charge on any atom is 0.335 e. The molecule has 1 aromatic rings. The lowest BCUT2D eigenvalue weighted by atomic mass is 10.1. The number of hydrogen-bond donors (Lipinski definition) is 2. The van der Waals surface area contributed by atoms with E-state index in [0.29, 0.717) is 42.8 Å². The molecule has 0 bridgehead atoms. The highest BCUT2D eigenvalue weighted by atomic mass is 79.9. The van der Waals surface area contributed by atoms with Gasteiger partial charge in [-0.2, -0.15) is 0 Å². The number of carbonyl (C=O) groups excluding carboxylic acids is 2. The number of carboxylic acids is 1. The second kappa shape index (κ2) is 7.45. The van der Waals surface area contributed by atoms with Crippen LogP contribution in [-0.2, 0) is 0 Å². The summed E-state index contributed by atoms with van der Waals surface area (Å²) in [7, 11) is 0. The molecule has 8 heteroatoms. The van der Waals surface area contributed by atoms with E-state index >= 15 is 0 Å². The Balaban J connectivity index is 2.05. The molecule has 124 valence electrons. The number of amides is 3. The Morgan fingerprint density at radius 2 is 1.65 bits per heavy atom. The second-order valence-corrected chi connectivity index (χ2v) is 6.06. The molecule has 3 amide bonds. The first-order valence-corrected chi connectivity index (χ1v) is 8.07. The lowest BCUT2D eigenvalue weighted by Gasteiger charge is -2.34. The number of aromatic carboxylic acids is 1. The Kier molecular flexibility index (Phi) is 5.59. The zero-order valence-corrected chi connectivity index (χ0v) is 14.3. The van der Waals surface area contributed by atoms with Crippen molar-refractivity contribution in [2.24, 2.45) is 0 Å². The number of hydrogen-bond acceptors (Lipinski definition) is 3. The lowest BCUT2D eigenvalue weighted by molar-refractivity contribution is 0.0665. The number of nitrogens with zero attached hydrogens (tertiary/aromatic N) is 2. The Labute approximate surface area is 142 Å². The van der Waals surface area contributed by atoms with Crippen LogP contribution in [0.1, 0.15) is 27.6 Å². The third-order valence-electron chi connectivity index (χ3n) is 3.57. The molecule has 1 saturated heterocycles. The minimum atomic E-state index is -1.08. The summed E-state index contributed by atoms with van der Waals surface area (Å²) in [5, 5.41) is 11.8. The van der Waals surface area contributed by atoms with E-state index in [4.69, 9.17) is 5.11 Å². The Morgan fingerprint density at radius 1 is 1.09 bits per heavy atom. The Hall–Kier alpha value is -2.09. The quantitative estimate of drug-likeness (QED) is 0.829. The van der Waals surface area contributed by atoms with Gasteiger partial charge in [-0.15, -0.1) is 0 Å². The summed E-state index contributed by atoms with van der Waals surface area (Å²) in [4.78, 5) is 38.6. The average molecular weight is 384 g/mol. The van der Waals surface area contributed by atoms with Gasteiger partial charge in [0.2, 0.25) is 0 Å². The lowest BCUT2D eigenvalue weighted by Crippen LogP contribution is -2.53. The molecule has 2 N–H and O–H groups in total. The third-order valence-corrected chi connectivity index (χ3v) is 4.03. The van der Waals surface area contributed by atoms with Gasteiger partial charge in [0.1, 0.15) is 0 Å². The second-order valence-electron chi connectivity index (χ2n) is 5.15. The van der Waals surface area contributed by atoms with E-state index in [-0.39, 0.29) is 17.5 Å². The highest BCUT2D eigenvalue weighted by Crippen LogP contribution is 2.18. The maximum absolute atomic E-state index is 12.5. The SMILES string of the molecule is CCNC(=O)N1CCN(C(=O)c2cc(Br)cc(C(=O)O)c2)CC1. The molecule has 1 heterocycles. The van der Waals surface area contributed by atoms with Gasteiger partial charge < -0.3 is 20.2 Å². The van der Waals surface area contributed by atoms with Crippen LogP contribution in [0.25, 0.3) is 0 Å². The molecule has 0 spiro atoms. The van der Waals surface area contributed by atoms with Crippen molar-refractivity contribution >= 4 is 33.8 Å². The Bertz CT molecular complexity index is 627. The zero-order chi connectivity index (χ0) is 17.0. The Morgan fingerprint density at radius 3 is 2.22 bits per heavy atom. The average Bonchev–Trinajstić information content (AvgIpc) is 2.54. The fourth-order valence-corrected chi connectivity index (χ4v) is 2.89. The van der Waals surface area contributed by atoms with Gasteiger partial charge in [-0.05, 0) is 25.1 Å². The van der Waals surface area contributed by atoms with E-state index in [1.54, 1.807) is 15.9 Å². The molecule has 2 rings (SSSR count). The number of carboxylic acid groups (broad SMARTS) is 1. The van der Waals surface area contributed by atoms with Crippen molar-refractivity contribution < 1.29 is 19.5 Å². The number of piperazine rings is 1. The van der Waals surface area contributed by atoms with Gasteiger partial charge in [-0.1, -0.05) is 15.9 Å². The highest BCUT2D eigenvalue weighted by Gasteiger charge is 2.25. The largest absolute Gasteiger partial charge is 0.478 e. The van der Waals surface area contributed by atoms with E-state index in [1.807, 2.05) is 6.92 Å². The van der Waals surface area contributed by atoms with Crippen molar-refractivity contribution in [3.05, 3.63) is 33.8 Å². The number of nitrogens with one attached hydrogen (secondary N) is 1. The fourth-order valence-electron chi connectivity index (χ4n) is 2.39. The minimum Gasteiger partial charge on any atom is -0.478 e. The molecule has 0 atom stereocenters. The summed E-state index contributed by atoms with van der Waals surface area (Å²) in [6.07, 6.45) is 0. The van der Waals surface area contributed by atoms with Crippen LogP contribution < -0.4 is 5.32 Å². The first kappa shape index (κ1) is 17.3. The van der Waals surface area contributed by atoms with Crippen LogP contribution in [0.5, 0.6) is 0 Å². The minimum absolute atomic E-state index is 0.0590. The summed E-state index contributed by atoms with van der Waals surface area (Å²) in [6.45, 7) is 4.17. The summed E-state index contributed by atoms with van der Waals surface area (Å²) in [5.41, 5.74) is 0.381. The fraction of sp³-hybridized carbons (Fsp3) is 0.400. The smallest absolute Gasteiger partial charge is 0.335 e. The topological polar surface area (TPSA) is 90.0 Å². The number of urea groups is 1. The van der Waals surface area contributed by atoms with Crippen LogP contribution in [0, 0.1) is 0 Å². The van der Waals surface area contributed by atoms with Crippen LogP contribution in [-0.4, -0.2) is 65.5 Å². The third kappa shape index (κ3) is 4.22. The molecule has 0 radical (unpaired) electrons. The van der Waals surface area contributed by atoms with Crippen molar-refractivity contribution in [1.82, 2.24) is 15.1 Å². The molecule has 0 aromatic heterocycles. The molecular weight excluding hydrogens is 366 g/mol. The molecular formula is C15H18BrN3O4. The molecule has 23 heavy (non-hydrogen) atoms. The van der Waals surface area contributed by atoms with Gasteiger partial charge in [-0.3, -0.25) is 4.79 Å². The normalized spacial score (nSPS) is 14.5. The predicted octanol–water partition coefficient (Wildman–Crippen LogP) is 1.63. The van der Waals surface area contributed by atoms with E-state index < -0.39 is 5.97 Å². The number of rotatable bonds is 3. The van der Waals surface area contributed by atoms with Crippen molar-refractivity contribution in [1.29, 1.82) is 0 Å². The molecule has 1 fully saturated rings. The zero-order valence-electron chi connectivity index (χ0n) is 12.7. The monoisotopic (exact) mass is 383 g/mol. The van der Waals surface area contributed by atoms with Crippen LogP contribution in [0.4, 0.5) is 4.79 Å². The van der Waals surface area contributed by atoms with E-state index in [9.17, 15) is 14.4 Å². The summed E-state index contributed by atoms with van der Waals surface area (Å²) in [5.74, 6) is -1.31. The maximum atomic E-state index is 12.5. The number of carbonyl (C=O) groups is 3. The van der Waals surface area contributed by atoms with Crippen molar-refractivity contribution in [3.8, 4) is 0 Å². The van der Waals surface area contributed by atoms with Crippen LogP contribution in [0.3, 0.4) is 0 Å². The molecule has 0 saturated carbocycles. The first-order valence-electron chi connectivity index (χ1n) is 7.28. The van der Waals surface area contributed by atoms with E-state index in [2.05, 4.69) is 21.2 Å². The summed E-state index contributed by atoms with van der Waals surface area (Å²) >= 11 is 3.22. The van der Waals surface area contributed by atoms with Crippen LogP contribution in [0.2, 0.25) is 0 Å². The standard InChI is InChI=1S/C15H18BrN3O4/c1-2-17-15(23)19-5-3-18(4-6-19)13(20)10-7-11(14(21)22)9-12(16)8-10/h7-9H,2-6H2,1H3,(H,17,23)(H,21,22). The van der Waals surface area contributed by atoms with E-state index in [0.717, 1.165) is 0 Å². The van der Waals surface area contributed by atoms with Gasteiger partial charge in [0.25, 0.3) is 5.91 Å². The van der Waals surface area contributed by atoms with E-state index in [1.165, 1.54) is 12.1 Å². The van der Waals surface area contributed by atoms with Crippen LogP contribution in [0.15, 0.2) is 22.7 Å². The van der Waals surface area contributed by atoms with Crippen molar-refractivity contribution in [3.63, 3.8) is 0 Å². The number of halogens is 1. The summed E-state index contributed by atoms with van der Waals surface area (Å²) in [6, 6.07) is 4.29. The molecule has 1 aliphatic heterocycles. The van der Waals surface area contributed by atoms with Gasteiger partial charge in [0.15, 0.2) is 0 Å². The van der Waals surface area contributed by atoms with Gasteiger partial charge in [-0.25, -0.2) is 9.59 Å². The van der Waals surface area contributed by atoms with Gasteiger partial charge in [0, 0.05) is 42.8 Å². The molecule has 0 aliphatic carbocycles. The highest BCUT2D eigenvalue weighted by molar-refractivity contribution is 9.10. The molecule has 1 aliphatic rings. The van der Waals surface area contributed by atoms with Crippen molar-refractivity contribution in [2.45, 2.75) is 6.92 Å². The molecule has 0 unspecified atom stereocenters. The molecule has 1 aromatic carbocycles. The first-order chi connectivity index (χ1) is 10.9. The summed E-state index contributed by atoms with van der Waals surface area (Å²) < 4.78 is 0.543. The van der Waals surface area contributed by atoms with Crippen molar-refractivity contribution in [2.75, 3.05) is 32.7 Å². The van der Waals surface area contributed by atoms with Gasteiger partial charge >= 0.3 is 12.0 Å². The molecule has 7 nitrogen and oxygen atoms in total. The van der Waals surface area contributed by atoms with Crippen LogP contribution >= 0.6 is 15.9 Å².